The minimum atomic E-state index is 0.00865. The highest BCUT2D eigenvalue weighted by Gasteiger charge is 2.13. The zero-order chi connectivity index (χ0) is 15.1. The molecule has 1 amide bonds. The van der Waals surface area contributed by atoms with Crippen LogP contribution < -0.4 is 11.1 Å². The van der Waals surface area contributed by atoms with Gasteiger partial charge in [-0.3, -0.25) is 4.79 Å². The summed E-state index contributed by atoms with van der Waals surface area (Å²) in [5.41, 5.74) is 7.01. The lowest BCUT2D eigenvalue weighted by atomic mass is 10.0. The van der Waals surface area contributed by atoms with Gasteiger partial charge in [0.1, 0.15) is 0 Å². The lowest BCUT2D eigenvalue weighted by molar-refractivity contribution is -0.121. The first-order valence-corrected chi connectivity index (χ1v) is 6.84. The van der Waals surface area contributed by atoms with Gasteiger partial charge in [0.15, 0.2) is 5.84 Å². The number of carbonyl (C=O) groups is 1. The van der Waals surface area contributed by atoms with Crippen LogP contribution in [0, 0.1) is 5.92 Å². The lowest BCUT2D eigenvalue weighted by Gasteiger charge is -2.19. The van der Waals surface area contributed by atoms with Crippen LogP contribution in [0.1, 0.15) is 38.3 Å². The van der Waals surface area contributed by atoms with E-state index >= 15 is 0 Å². The fourth-order valence-corrected chi connectivity index (χ4v) is 1.84. The third-order valence-corrected chi connectivity index (χ3v) is 3.61. The summed E-state index contributed by atoms with van der Waals surface area (Å²) in [6, 6.07) is 7.25. The predicted molar refractivity (Wildman–Crippen MR) is 79.7 cm³/mol. The second kappa shape index (κ2) is 7.53. The summed E-state index contributed by atoms with van der Waals surface area (Å²) in [6.07, 6.45) is 1.37. The maximum Gasteiger partial charge on any atom is 0.224 e. The van der Waals surface area contributed by atoms with Crippen LogP contribution in [0.15, 0.2) is 29.4 Å². The molecule has 0 heterocycles. The predicted octanol–water partition coefficient (Wildman–Crippen LogP) is 1.87. The zero-order valence-electron chi connectivity index (χ0n) is 12.3. The van der Waals surface area contributed by atoms with Crippen LogP contribution in [-0.2, 0) is 11.2 Å². The molecule has 5 nitrogen and oxygen atoms in total. The summed E-state index contributed by atoms with van der Waals surface area (Å²) in [6.45, 7) is 6.25. The highest BCUT2D eigenvalue weighted by molar-refractivity contribution is 5.97. The molecule has 0 aliphatic heterocycles. The molecule has 110 valence electrons. The van der Waals surface area contributed by atoms with Gasteiger partial charge in [-0.1, -0.05) is 49.7 Å². The Kier molecular flexibility index (Phi) is 6.03. The van der Waals surface area contributed by atoms with Crippen LogP contribution in [0.4, 0.5) is 0 Å². The first-order valence-electron chi connectivity index (χ1n) is 6.84. The Morgan fingerprint density at radius 3 is 2.45 bits per heavy atom. The minimum Gasteiger partial charge on any atom is -0.409 e. The van der Waals surface area contributed by atoms with Crippen molar-refractivity contribution in [1.29, 1.82) is 0 Å². The average molecular weight is 277 g/mol. The molecule has 5 heteroatoms. The number of nitrogens with one attached hydrogen (secondary N) is 1. The number of nitrogens with two attached hydrogens (primary N) is 1. The maximum atomic E-state index is 11.9. The van der Waals surface area contributed by atoms with Gasteiger partial charge in [0.25, 0.3) is 0 Å². The first-order chi connectivity index (χ1) is 9.47. The van der Waals surface area contributed by atoms with Crippen molar-refractivity contribution in [1.82, 2.24) is 5.32 Å². The molecule has 2 atom stereocenters. The number of hydrogen-bond acceptors (Lipinski definition) is 3. The number of carbonyl (C=O) groups excluding carboxylic acids is 1. The summed E-state index contributed by atoms with van der Waals surface area (Å²) in [5, 5.41) is 14.5. The summed E-state index contributed by atoms with van der Waals surface area (Å²) >= 11 is 0. The van der Waals surface area contributed by atoms with E-state index in [2.05, 4.69) is 24.3 Å². The lowest BCUT2D eigenvalue weighted by Crippen LogP contribution is -2.37. The number of hydrogen-bond donors (Lipinski definition) is 3. The molecule has 2 unspecified atom stereocenters. The maximum absolute atomic E-state index is 11.9. The molecule has 1 aromatic rings. The smallest absolute Gasteiger partial charge is 0.224 e. The van der Waals surface area contributed by atoms with E-state index < -0.39 is 0 Å². The van der Waals surface area contributed by atoms with E-state index in [0.717, 1.165) is 12.0 Å². The highest BCUT2D eigenvalue weighted by Crippen LogP contribution is 2.08. The monoisotopic (exact) mass is 277 g/mol. The number of benzene rings is 1. The molecule has 0 fully saturated rings. The van der Waals surface area contributed by atoms with E-state index in [1.54, 1.807) is 24.3 Å². The average Bonchev–Trinajstić information content (AvgIpc) is 2.46. The Bertz CT molecular complexity index is 469. The Morgan fingerprint density at radius 2 is 1.95 bits per heavy atom. The normalized spacial score (nSPS) is 14.7. The number of amides is 1. The summed E-state index contributed by atoms with van der Waals surface area (Å²) in [5.74, 6) is 0.530. The fraction of sp³-hybridized carbons (Fsp3) is 0.467. The molecule has 0 aromatic heterocycles. The molecule has 20 heavy (non-hydrogen) atoms. The van der Waals surface area contributed by atoms with Gasteiger partial charge in [-0.15, -0.1) is 0 Å². The summed E-state index contributed by atoms with van der Waals surface area (Å²) in [7, 11) is 0. The summed E-state index contributed by atoms with van der Waals surface area (Å²) < 4.78 is 0. The van der Waals surface area contributed by atoms with Crippen LogP contribution >= 0.6 is 0 Å². The second-order valence-electron chi connectivity index (χ2n) is 5.10. The number of oxime groups is 1. The number of rotatable bonds is 6. The van der Waals surface area contributed by atoms with Crippen molar-refractivity contribution >= 4 is 11.7 Å². The van der Waals surface area contributed by atoms with E-state index in [1.807, 2.05) is 6.92 Å². The number of amidine groups is 1. The molecule has 0 saturated carbocycles. The molecule has 4 N–H and O–H groups in total. The van der Waals surface area contributed by atoms with Crippen LogP contribution in [0.5, 0.6) is 0 Å². The van der Waals surface area contributed by atoms with E-state index in [-0.39, 0.29) is 17.8 Å². The van der Waals surface area contributed by atoms with Crippen molar-refractivity contribution in [3.05, 3.63) is 35.4 Å². The third-order valence-electron chi connectivity index (χ3n) is 3.61. The van der Waals surface area contributed by atoms with Crippen molar-refractivity contribution in [3.8, 4) is 0 Å². The Labute approximate surface area is 119 Å². The Hall–Kier alpha value is -2.04. The Morgan fingerprint density at radius 1 is 1.35 bits per heavy atom. The van der Waals surface area contributed by atoms with Crippen molar-refractivity contribution in [2.45, 2.75) is 39.7 Å². The molecule has 0 aliphatic carbocycles. The third kappa shape index (κ3) is 4.57. The standard InChI is InChI=1S/C15H23N3O2/c1-4-10(2)11(3)17-14(19)9-12-5-7-13(8-6-12)15(16)18-20/h5-8,10-11,20H,4,9H2,1-3H3,(H2,16,18)(H,17,19). The second-order valence-corrected chi connectivity index (χ2v) is 5.10. The van der Waals surface area contributed by atoms with Gasteiger partial charge in [0, 0.05) is 11.6 Å². The van der Waals surface area contributed by atoms with Gasteiger partial charge >= 0.3 is 0 Å². The Balaban J connectivity index is 2.58. The van der Waals surface area contributed by atoms with Gasteiger partial charge in [-0.25, -0.2) is 0 Å². The molecule has 1 aromatic carbocycles. The van der Waals surface area contributed by atoms with E-state index in [1.165, 1.54) is 0 Å². The van der Waals surface area contributed by atoms with Crippen molar-refractivity contribution in [2.75, 3.05) is 0 Å². The molecule has 0 bridgehead atoms. The SMILES string of the molecule is CCC(C)C(C)NC(=O)Cc1ccc(C(N)=NO)cc1. The van der Waals surface area contributed by atoms with Crippen LogP contribution in [0.2, 0.25) is 0 Å². The van der Waals surface area contributed by atoms with E-state index in [4.69, 9.17) is 10.9 Å². The molecule has 0 radical (unpaired) electrons. The van der Waals surface area contributed by atoms with Crippen molar-refractivity contribution in [2.24, 2.45) is 16.8 Å². The van der Waals surface area contributed by atoms with Gasteiger partial charge in [0.05, 0.1) is 6.42 Å². The van der Waals surface area contributed by atoms with E-state index in [9.17, 15) is 4.79 Å². The van der Waals surface area contributed by atoms with Crippen LogP contribution in [0.25, 0.3) is 0 Å². The largest absolute Gasteiger partial charge is 0.409 e. The van der Waals surface area contributed by atoms with Gasteiger partial charge in [-0.05, 0) is 18.4 Å². The van der Waals surface area contributed by atoms with Crippen LogP contribution in [0.3, 0.4) is 0 Å². The van der Waals surface area contributed by atoms with E-state index in [0.29, 0.717) is 17.9 Å². The van der Waals surface area contributed by atoms with Crippen molar-refractivity contribution < 1.29 is 10.0 Å². The van der Waals surface area contributed by atoms with Gasteiger partial charge in [-0.2, -0.15) is 0 Å². The topological polar surface area (TPSA) is 87.7 Å². The van der Waals surface area contributed by atoms with Gasteiger partial charge in [0.2, 0.25) is 5.91 Å². The molecule has 1 rings (SSSR count). The summed E-state index contributed by atoms with van der Waals surface area (Å²) in [4.78, 5) is 11.9. The first kappa shape index (κ1) is 16.0. The highest BCUT2D eigenvalue weighted by atomic mass is 16.4. The van der Waals surface area contributed by atoms with Crippen molar-refractivity contribution in [3.63, 3.8) is 0 Å². The molecule has 0 aliphatic rings. The molecule has 0 saturated heterocycles. The quantitative estimate of drug-likeness (QED) is 0.321. The molecular weight excluding hydrogens is 254 g/mol. The minimum absolute atomic E-state index is 0.00865. The van der Waals surface area contributed by atoms with Crippen LogP contribution in [-0.4, -0.2) is 23.0 Å². The molecule has 0 spiro atoms. The zero-order valence-corrected chi connectivity index (χ0v) is 12.3. The van der Waals surface area contributed by atoms with Gasteiger partial charge < -0.3 is 16.3 Å². The number of nitrogens with zero attached hydrogens (tertiary/aromatic N) is 1. The molecular formula is C15H23N3O2. The fourth-order valence-electron chi connectivity index (χ4n) is 1.84.